The number of hydrogen-bond donors (Lipinski definition) is 1. The largest absolute Gasteiger partial charge is 0.468 e. The van der Waals surface area contributed by atoms with Crippen molar-refractivity contribution in [2.75, 3.05) is 26.7 Å². The number of ether oxygens (including phenoxy) is 1. The van der Waals surface area contributed by atoms with Gasteiger partial charge in [0.1, 0.15) is 6.54 Å². The van der Waals surface area contributed by atoms with Crippen LogP contribution in [0.5, 0.6) is 0 Å². The first-order valence-corrected chi connectivity index (χ1v) is 6.37. The first-order valence-electron chi connectivity index (χ1n) is 6.37. The van der Waals surface area contributed by atoms with Gasteiger partial charge in [-0.1, -0.05) is 36.4 Å². The first-order chi connectivity index (χ1) is 9.67. The second kappa shape index (κ2) is 8.87. The predicted molar refractivity (Wildman–Crippen MR) is 76.9 cm³/mol. The molecule has 108 valence electrons. The Morgan fingerprint density at radius 3 is 2.65 bits per heavy atom. The van der Waals surface area contributed by atoms with Gasteiger partial charge in [-0.3, -0.25) is 9.59 Å². The summed E-state index contributed by atoms with van der Waals surface area (Å²) in [6.45, 7) is 4.60. The molecule has 0 saturated carbocycles. The number of benzene rings is 1. The number of carbonyl (C=O) groups is 2. The zero-order valence-corrected chi connectivity index (χ0v) is 11.7. The zero-order valence-electron chi connectivity index (χ0n) is 11.7. The van der Waals surface area contributed by atoms with Crippen LogP contribution < -0.4 is 5.32 Å². The molecular formula is C15H20N2O3. The summed E-state index contributed by atoms with van der Waals surface area (Å²) in [5, 5.41) is 2.93. The van der Waals surface area contributed by atoms with Gasteiger partial charge in [0.15, 0.2) is 0 Å². The maximum Gasteiger partial charge on any atom is 0.325 e. The molecule has 1 N–H and O–H groups in total. The molecule has 1 aromatic carbocycles. The molecule has 0 radical (unpaired) electrons. The average Bonchev–Trinajstić information content (AvgIpc) is 2.47. The lowest BCUT2D eigenvalue weighted by atomic mass is 10.2. The second-order valence-electron chi connectivity index (χ2n) is 4.23. The number of nitrogens with zero attached hydrogens (tertiary/aromatic N) is 1. The highest BCUT2D eigenvalue weighted by molar-refractivity contribution is 5.83. The topological polar surface area (TPSA) is 58.6 Å². The summed E-state index contributed by atoms with van der Waals surface area (Å²) >= 11 is 0. The summed E-state index contributed by atoms with van der Waals surface area (Å²) < 4.78 is 4.62. The third-order valence-corrected chi connectivity index (χ3v) is 2.68. The second-order valence-corrected chi connectivity index (χ2v) is 4.23. The number of rotatable bonds is 8. The van der Waals surface area contributed by atoms with Crippen molar-refractivity contribution < 1.29 is 14.3 Å². The summed E-state index contributed by atoms with van der Waals surface area (Å²) in [5.74, 6) is -0.584. The van der Waals surface area contributed by atoms with Crippen molar-refractivity contribution in [3.05, 3.63) is 48.6 Å². The number of methoxy groups -OCH3 is 1. The van der Waals surface area contributed by atoms with E-state index < -0.39 is 5.97 Å². The molecule has 0 aromatic heterocycles. The Labute approximate surface area is 119 Å². The molecule has 1 aromatic rings. The lowest BCUT2D eigenvalue weighted by molar-refractivity contribution is -0.147. The van der Waals surface area contributed by atoms with E-state index >= 15 is 0 Å². The molecule has 0 aliphatic carbocycles. The Kier molecular flexibility index (Phi) is 7.06. The van der Waals surface area contributed by atoms with Gasteiger partial charge in [-0.25, -0.2) is 0 Å². The van der Waals surface area contributed by atoms with Crippen molar-refractivity contribution in [2.24, 2.45) is 0 Å². The van der Waals surface area contributed by atoms with Crippen LogP contribution in [0.2, 0.25) is 0 Å². The highest BCUT2D eigenvalue weighted by atomic mass is 16.5. The fourth-order valence-electron chi connectivity index (χ4n) is 1.65. The van der Waals surface area contributed by atoms with Gasteiger partial charge in [-0.15, -0.1) is 6.58 Å². The Balaban J connectivity index is 2.66. The third-order valence-electron chi connectivity index (χ3n) is 2.68. The quantitative estimate of drug-likeness (QED) is 0.436. The van der Waals surface area contributed by atoms with Crippen molar-refractivity contribution >= 4 is 11.9 Å². The molecule has 5 heteroatoms. The minimum atomic E-state index is -0.432. The molecular weight excluding hydrogens is 256 g/mol. The summed E-state index contributed by atoms with van der Waals surface area (Å²) in [7, 11) is 1.31. The molecule has 20 heavy (non-hydrogen) atoms. The van der Waals surface area contributed by atoms with Gasteiger partial charge in [0.05, 0.1) is 13.7 Å². The maximum atomic E-state index is 12.1. The predicted octanol–water partition coefficient (Wildman–Crippen LogP) is 0.964. The normalized spacial score (nSPS) is 9.85. The molecule has 0 unspecified atom stereocenters. The molecule has 0 fully saturated rings. The van der Waals surface area contributed by atoms with Gasteiger partial charge in [0.25, 0.3) is 0 Å². The van der Waals surface area contributed by atoms with E-state index in [1.807, 2.05) is 30.3 Å². The molecule has 0 aliphatic rings. The highest BCUT2D eigenvalue weighted by Crippen LogP contribution is 2.05. The standard InChI is InChI=1S/C15H20N2O3/c1-3-9-16-10-14(18)17(12-15(19)20-2)11-13-7-5-4-6-8-13/h3-8,16H,1,9-12H2,2H3. The van der Waals surface area contributed by atoms with Crippen LogP contribution in [0.15, 0.2) is 43.0 Å². The average molecular weight is 276 g/mol. The van der Waals surface area contributed by atoms with Crippen LogP contribution in [0, 0.1) is 0 Å². The monoisotopic (exact) mass is 276 g/mol. The van der Waals surface area contributed by atoms with E-state index in [1.54, 1.807) is 6.08 Å². The Morgan fingerprint density at radius 2 is 2.05 bits per heavy atom. The number of amides is 1. The van der Waals surface area contributed by atoms with Gasteiger partial charge in [0, 0.05) is 13.1 Å². The summed E-state index contributed by atoms with van der Waals surface area (Å²) in [6.07, 6.45) is 1.68. The molecule has 0 spiro atoms. The van der Waals surface area contributed by atoms with E-state index in [2.05, 4.69) is 16.6 Å². The molecule has 0 aliphatic heterocycles. The van der Waals surface area contributed by atoms with E-state index in [-0.39, 0.29) is 19.0 Å². The van der Waals surface area contributed by atoms with Gasteiger partial charge >= 0.3 is 5.97 Å². The molecule has 0 heterocycles. The molecule has 5 nitrogen and oxygen atoms in total. The maximum absolute atomic E-state index is 12.1. The Morgan fingerprint density at radius 1 is 1.35 bits per heavy atom. The van der Waals surface area contributed by atoms with E-state index in [9.17, 15) is 9.59 Å². The zero-order chi connectivity index (χ0) is 14.8. The number of carbonyl (C=O) groups excluding carboxylic acids is 2. The van der Waals surface area contributed by atoms with Gasteiger partial charge in [-0.05, 0) is 5.56 Å². The van der Waals surface area contributed by atoms with Crippen molar-refractivity contribution in [3.63, 3.8) is 0 Å². The van der Waals surface area contributed by atoms with Crippen molar-refractivity contribution in [3.8, 4) is 0 Å². The van der Waals surface area contributed by atoms with Crippen LogP contribution in [0.25, 0.3) is 0 Å². The fourth-order valence-corrected chi connectivity index (χ4v) is 1.65. The first kappa shape index (κ1) is 15.9. The van der Waals surface area contributed by atoms with E-state index in [0.29, 0.717) is 13.1 Å². The minimum Gasteiger partial charge on any atom is -0.468 e. The van der Waals surface area contributed by atoms with Crippen LogP contribution in [0.3, 0.4) is 0 Å². The number of nitrogens with one attached hydrogen (secondary N) is 1. The van der Waals surface area contributed by atoms with Crippen molar-refractivity contribution in [1.29, 1.82) is 0 Å². The molecule has 1 amide bonds. The smallest absolute Gasteiger partial charge is 0.325 e. The summed E-state index contributed by atoms with van der Waals surface area (Å²) in [4.78, 5) is 25.0. The molecule has 0 saturated heterocycles. The fraction of sp³-hybridized carbons (Fsp3) is 0.333. The third kappa shape index (κ3) is 5.67. The van der Waals surface area contributed by atoms with E-state index in [0.717, 1.165) is 5.56 Å². The van der Waals surface area contributed by atoms with Crippen molar-refractivity contribution in [1.82, 2.24) is 10.2 Å². The van der Waals surface area contributed by atoms with Crippen LogP contribution in [-0.4, -0.2) is 43.5 Å². The molecule has 0 bridgehead atoms. The van der Waals surface area contributed by atoms with E-state index in [4.69, 9.17) is 0 Å². The lowest BCUT2D eigenvalue weighted by Crippen LogP contribution is -2.41. The van der Waals surface area contributed by atoms with Gasteiger partial charge < -0.3 is 15.0 Å². The Hall–Kier alpha value is -2.14. The number of esters is 1. The van der Waals surface area contributed by atoms with Gasteiger partial charge in [0.2, 0.25) is 5.91 Å². The Bertz CT molecular complexity index is 446. The SMILES string of the molecule is C=CCNCC(=O)N(CC(=O)OC)Cc1ccccc1. The van der Waals surface area contributed by atoms with Crippen LogP contribution >= 0.6 is 0 Å². The highest BCUT2D eigenvalue weighted by Gasteiger charge is 2.17. The summed E-state index contributed by atoms with van der Waals surface area (Å²) in [5.41, 5.74) is 0.966. The van der Waals surface area contributed by atoms with E-state index in [1.165, 1.54) is 12.0 Å². The van der Waals surface area contributed by atoms with Crippen LogP contribution in [0.1, 0.15) is 5.56 Å². The van der Waals surface area contributed by atoms with Gasteiger partial charge in [-0.2, -0.15) is 0 Å². The minimum absolute atomic E-state index is 0.0556. The van der Waals surface area contributed by atoms with Crippen LogP contribution in [-0.2, 0) is 20.9 Å². The molecule has 1 rings (SSSR count). The summed E-state index contributed by atoms with van der Waals surface area (Å²) in [6, 6.07) is 9.52. The lowest BCUT2D eigenvalue weighted by Gasteiger charge is -2.21. The number of hydrogen-bond acceptors (Lipinski definition) is 4. The van der Waals surface area contributed by atoms with Crippen LogP contribution in [0.4, 0.5) is 0 Å². The molecule has 0 atom stereocenters. The van der Waals surface area contributed by atoms with Crippen molar-refractivity contribution in [2.45, 2.75) is 6.54 Å².